The van der Waals surface area contributed by atoms with Gasteiger partial charge in [0.2, 0.25) is 0 Å². The second kappa shape index (κ2) is 6.70. The Morgan fingerprint density at radius 1 is 1.37 bits per heavy atom. The highest BCUT2D eigenvalue weighted by molar-refractivity contribution is 6.31. The summed E-state index contributed by atoms with van der Waals surface area (Å²) in [7, 11) is 0. The summed E-state index contributed by atoms with van der Waals surface area (Å²) in [5.74, 6) is -0.357. The molecule has 3 atom stereocenters. The monoisotopic (exact) mass is 391 g/mol. The molecule has 0 aromatic carbocycles. The van der Waals surface area contributed by atoms with Crippen LogP contribution >= 0.6 is 11.6 Å². The highest BCUT2D eigenvalue weighted by Gasteiger charge is 2.40. The highest BCUT2D eigenvalue weighted by Crippen LogP contribution is 2.32. The molecule has 1 unspecified atom stereocenters. The van der Waals surface area contributed by atoms with E-state index in [0.717, 1.165) is 11.6 Å². The molecule has 3 aromatic heterocycles. The van der Waals surface area contributed by atoms with Crippen molar-refractivity contribution in [2.24, 2.45) is 0 Å². The number of pyridine rings is 1. The van der Waals surface area contributed by atoms with Crippen LogP contribution in [0.15, 0.2) is 24.7 Å². The number of aliphatic hydroxyl groups excluding tert-OH is 1. The molecule has 4 rings (SSSR count). The molecule has 1 aliphatic carbocycles. The zero-order valence-electron chi connectivity index (χ0n) is 14.6. The fourth-order valence-electron chi connectivity index (χ4n) is 3.51. The Balaban J connectivity index is 1.68. The van der Waals surface area contributed by atoms with Crippen molar-refractivity contribution >= 4 is 28.5 Å². The standard InChI is InChI=1S/C18H19ClFN5O2/c1-18(27)4-2-3-13(14(18)26)24-17-12(20)8-23-16(25-17)11-7-22-15-10(11)5-9(19)6-21-15/h5-8,13-14,26-27H,2-4H2,1H3,(H,21,22)(H,23,24,25)/t13?,14-,18-/m1/s1. The van der Waals surface area contributed by atoms with Crippen molar-refractivity contribution in [3.05, 3.63) is 35.5 Å². The number of halogens is 2. The molecule has 142 valence electrons. The smallest absolute Gasteiger partial charge is 0.183 e. The third kappa shape index (κ3) is 3.36. The lowest BCUT2D eigenvalue weighted by Gasteiger charge is -2.39. The summed E-state index contributed by atoms with van der Waals surface area (Å²) >= 11 is 6.02. The van der Waals surface area contributed by atoms with Crippen LogP contribution < -0.4 is 5.32 Å². The molecule has 9 heteroatoms. The zero-order chi connectivity index (χ0) is 19.2. The molecule has 0 amide bonds. The number of nitrogens with zero attached hydrogens (tertiary/aromatic N) is 3. The van der Waals surface area contributed by atoms with Gasteiger partial charge in [-0.05, 0) is 32.3 Å². The van der Waals surface area contributed by atoms with Crippen LogP contribution in [-0.2, 0) is 0 Å². The maximum absolute atomic E-state index is 14.3. The van der Waals surface area contributed by atoms with Crippen LogP contribution in [0, 0.1) is 5.82 Å². The average Bonchev–Trinajstić information content (AvgIpc) is 3.04. The van der Waals surface area contributed by atoms with E-state index >= 15 is 0 Å². The molecule has 7 nitrogen and oxygen atoms in total. The summed E-state index contributed by atoms with van der Waals surface area (Å²) in [6.07, 6.45) is 5.07. The third-order valence-electron chi connectivity index (χ3n) is 5.02. The van der Waals surface area contributed by atoms with Crippen molar-refractivity contribution in [1.29, 1.82) is 0 Å². The van der Waals surface area contributed by atoms with E-state index in [9.17, 15) is 14.6 Å². The van der Waals surface area contributed by atoms with Crippen LogP contribution in [0.3, 0.4) is 0 Å². The SMILES string of the molecule is C[C@@]1(O)CCCC(Nc2nc(-c3c[nH]c4ncc(Cl)cc34)ncc2F)[C@H]1O. The fraction of sp³-hybridized carbons (Fsp3) is 0.389. The van der Waals surface area contributed by atoms with Crippen LogP contribution in [0.5, 0.6) is 0 Å². The van der Waals surface area contributed by atoms with Gasteiger partial charge in [-0.25, -0.2) is 19.3 Å². The van der Waals surface area contributed by atoms with E-state index in [4.69, 9.17) is 11.6 Å². The molecule has 0 saturated heterocycles. The molecular weight excluding hydrogens is 373 g/mol. The number of aliphatic hydroxyl groups is 2. The molecular formula is C18H19ClFN5O2. The number of aromatic amines is 1. The number of nitrogens with one attached hydrogen (secondary N) is 2. The highest BCUT2D eigenvalue weighted by atomic mass is 35.5. The number of hydrogen-bond acceptors (Lipinski definition) is 6. The van der Waals surface area contributed by atoms with Crippen LogP contribution in [0.25, 0.3) is 22.4 Å². The minimum atomic E-state index is -1.22. The summed E-state index contributed by atoms with van der Waals surface area (Å²) < 4.78 is 14.3. The number of fused-ring (bicyclic) bond motifs is 1. The zero-order valence-corrected chi connectivity index (χ0v) is 15.3. The molecule has 0 spiro atoms. The molecule has 3 aromatic rings. The quantitative estimate of drug-likeness (QED) is 0.547. The van der Waals surface area contributed by atoms with E-state index in [1.807, 2.05) is 0 Å². The topological polar surface area (TPSA) is 107 Å². The van der Waals surface area contributed by atoms with Gasteiger partial charge in [-0.15, -0.1) is 0 Å². The number of anilines is 1. The van der Waals surface area contributed by atoms with Gasteiger partial charge < -0.3 is 20.5 Å². The van der Waals surface area contributed by atoms with E-state index in [1.165, 1.54) is 6.20 Å². The predicted molar refractivity (Wildman–Crippen MR) is 100.0 cm³/mol. The first kappa shape index (κ1) is 18.1. The molecule has 3 heterocycles. The largest absolute Gasteiger partial charge is 0.388 e. The first-order chi connectivity index (χ1) is 12.8. The molecule has 27 heavy (non-hydrogen) atoms. The molecule has 4 N–H and O–H groups in total. The second-order valence-electron chi connectivity index (χ2n) is 7.09. The molecule has 0 bridgehead atoms. The first-order valence-corrected chi connectivity index (χ1v) is 9.05. The van der Waals surface area contributed by atoms with E-state index in [1.54, 1.807) is 19.2 Å². The normalized spacial score (nSPS) is 25.7. The van der Waals surface area contributed by atoms with Crippen molar-refractivity contribution in [2.75, 3.05) is 5.32 Å². The van der Waals surface area contributed by atoms with Crippen LogP contribution in [-0.4, -0.2) is 47.9 Å². The summed E-state index contributed by atoms with van der Waals surface area (Å²) in [4.78, 5) is 15.6. The number of hydrogen-bond donors (Lipinski definition) is 4. The van der Waals surface area contributed by atoms with Gasteiger partial charge in [0.15, 0.2) is 17.5 Å². The third-order valence-corrected chi connectivity index (χ3v) is 5.23. The minimum absolute atomic E-state index is 0.0221. The Morgan fingerprint density at radius 3 is 3.00 bits per heavy atom. The van der Waals surface area contributed by atoms with Crippen LogP contribution in [0.2, 0.25) is 5.02 Å². The van der Waals surface area contributed by atoms with Crippen molar-refractivity contribution in [3.63, 3.8) is 0 Å². The summed E-state index contributed by atoms with van der Waals surface area (Å²) in [5.41, 5.74) is 0.0384. The first-order valence-electron chi connectivity index (χ1n) is 8.68. The van der Waals surface area contributed by atoms with Crippen molar-refractivity contribution in [3.8, 4) is 11.4 Å². The number of aromatic nitrogens is 4. The second-order valence-corrected chi connectivity index (χ2v) is 7.52. The lowest BCUT2D eigenvalue weighted by molar-refractivity contribution is -0.0919. The van der Waals surface area contributed by atoms with Gasteiger partial charge in [-0.2, -0.15) is 0 Å². The fourth-order valence-corrected chi connectivity index (χ4v) is 3.66. The lowest BCUT2D eigenvalue weighted by Crippen LogP contribution is -2.53. The van der Waals surface area contributed by atoms with E-state index < -0.39 is 23.6 Å². The Kier molecular flexibility index (Phi) is 4.49. The van der Waals surface area contributed by atoms with Gasteiger partial charge in [0, 0.05) is 23.3 Å². The maximum Gasteiger partial charge on any atom is 0.183 e. The molecule has 1 aliphatic rings. The molecule has 0 aliphatic heterocycles. The average molecular weight is 392 g/mol. The van der Waals surface area contributed by atoms with Gasteiger partial charge in [-0.1, -0.05) is 11.6 Å². The summed E-state index contributed by atoms with van der Waals surface area (Å²) in [6, 6.07) is 1.22. The van der Waals surface area contributed by atoms with Crippen molar-refractivity contribution in [1.82, 2.24) is 19.9 Å². The Bertz CT molecular complexity index is 993. The summed E-state index contributed by atoms with van der Waals surface area (Å²) in [6.45, 7) is 1.58. The Hall–Kier alpha value is -2.29. The van der Waals surface area contributed by atoms with Gasteiger partial charge in [0.05, 0.1) is 22.9 Å². The van der Waals surface area contributed by atoms with Gasteiger partial charge in [0.25, 0.3) is 0 Å². The predicted octanol–water partition coefficient (Wildman–Crippen LogP) is 2.89. The molecule has 1 fully saturated rings. The van der Waals surface area contributed by atoms with Gasteiger partial charge in [-0.3, -0.25) is 0 Å². The van der Waals surface area contributed by atoms with Crippen molar-refractivity contribution < 1.29 is 14.6 Å². The summed E-state index contributed by atoms with van der Waals surface area (Å²) in [5, 5.41) is 24.8. The lowest BCUT2D eigenvalue weighted by atomic mass is 9.80. The van der Waals surface area contributed by atoms with Crippen molar-refractivity contribution in [2.45, 2.75) is 43.9 Å². The number of rotatable bonds is 3. The number of H-pyrrole nitrogens is 1. The van der Waals surface area contributed by atoms with E-state index in [-0.39, 0.29) is 5.82 Å². The van der Waals surface area contributed by atoms with E-state index in [0.29, 0.717) is 41.3 Å². The van der Waals surface area contributed by atoms with Gasteiger partial charge in [0.1, 0.15) is 11.8 Å². The maximum atomic E-state index is 14.3. The minimum Gasteiger partial charge on any atom is -0.388 e. The molecule has 0 radical (unpaired) electrons. The Morgan fingerprint density at radius 2 is 2.19 bits per heavy atom. The van der Waals surface area contributed by atoms with Crippen LogP contribution in [0.1, 0.15) is 26.2 Å². The van der Waals surface area contributed by atoms with E-state index in [2.05, 4.69) is 25.3 Å². The Labute approximate surface area is 159 Å². The molecule has 1 saturated carbocycles. The van der Waals surface area contributed by atoms with Gasteiger partial charge >= 0.3 is 0 Å². The van der Waals surface area contributed by atoms with Crippen LogP contribution in [0.4, 0.5) is 10.2 Å².